The number of nitrogens with one attached hydrogen (secondary N) is 2. The molecule has 0 bridgehead atoms. The molecule has 3 N–H and O–H groups in total. The highest BCUT2D eigenvalue weighted by Crippen LogP contribution is 2.27. The van der Waals surface area contributed by atoms with Crippen LogP contribution in [0.1, 0.15) is 45.2 Å². The molecule has 2 rings (SSSR count). The summed E-state index contributed by atoms with van der Waals surface area (Å²) in [6, 6.07) is 8.22. The van der Waals surface area contributed by atoms with Gasteiger partial charge in [0.05, 0.1) is 19.3 Å². The maximum Gasteiger partial charge on any atom is 0.191 e. The van der Waals surface area contributed by atoms with Crippen molar-refractivity contribution in [1.82, 2.24) is 15.5 Å². The number of hydrogen-bond acceptors (Lipinski definition) is 4. The summed E-state index contributed by atoms with van der Waals surface area (Å²) in [6.07, 6.45) is 1.86. The van der Waals surface area contributed by atoms with Crippen LogP contribution in [0.3, 0.4) is 0 Å². The van der Waals surface area contributed by atoms with Crippen molar-refractivity contribution in [2.45, 2.75) is 39.7 Å². The molecular weight excluding hydrogens is 400 g/mol. The van der Waals surface area contributed by atoms with E-state index in [4.69, 9.17) is 21.3 Å². The van der Waals surface area contributed by atoms with Crippen LogP contribution in [-0.4, -0.2) is 68.5 Å². The molecule has 1 aromatic carbocycles. The van der Waals surface area contributed by atoms with Crippen LogP contribution in [0.25, 0.3) is 0 Å². The molecule has 1 heterocycles. The van der Waals surface area contributed by atoms with Gasteiger partial charge in [-0.25, -0.2) is 0 Å². The third-order valence-electron chi connectivity index (χ3n) is 5.41. The van der Waals surface area contributed by atoms with Gasteiger partial charge < -0.3 is 20.5 Å². The molecule has 0 amide bonds. The number of morpholine rings is 1. The Bertz CT molecular complexity index is 635. The number of nitrogens with zero attached hydrogens (tertiary/aromatic N) is 2. The molecule has 1 aliphatic heterocycles. The van der Waals surface area contributed by atoms with Gasteiger partial charge in [-0.3, -0.25) is 9.89 Å². The molecule has 170 valence electrons. The number of guanidine groups is 1. The summed E-state index contributed by atoms with van der Waals surface area (Å²) in [5.41, 5.74) is 1.13. The summed E-state index contributed by atoms with van der Waals surface area (Å²) in [4.78, 5) is 7.25. The van der Waals surface area contributed by atoms with Gasteiger partial charge >= 0.3 is 0 Å². The van der Waals surface area contributed by atoms with Crippen LogP contribution in [-0.2, 0) is 4.74 Å². The number of benzene rings is 1. The van der Waals surface area contributed by atoms with Crippen LogP contribution in [0.4, 0.5) is 0 Å². The van der Waals surface area contributed by atoms with E-state index in [0.717, 1.165) is 62.2 Å². The minimum Gasteiger partial charge on any atom is -0.396 e. The van der Waals surface area contributed by atoms with Crippen LogP contribution >= 0.6 is 11.6 Å². The fourth-order valence-electron chi connectivity index (χ4n) is 3.96. The van der Waals surface area contributed by atoms with Crippen molar-refractivity contribution in [3.63, 3.8) is 0 Å². The summed E-state index contributed by atoms with van der Waals surface area (Å²) in [6.45, 7) is 12.2. The number of ether oxygens (including phenoxy) is 1. The Balaban J connectivity index is 2.09. The Morgan fingerprint density at radius 3 is 2.60 bits per heavy atom. The van der Waals surface area contributed by atoms with Crippen LogP contribution in [0.2, 0.25) is 5.02 Å². The van der Waals surface area contributed by atoms with E-state index in [1.807, 2.05) is 18.2 Å². The zero-order valence-corrected chi connectivity index (χ0v) is 19.5. The lowest BCUT2D eigenvalue weighted by Gasteiger charge is -2.35. The van der Waals surface area contributed by atoms with Crippen molar-refractivity contribution >= 4 is 17.6 Å². The predicted molar refractivity (Wildman–Crippen MR) is 125 cm³/mol. The Morgan fingerprint density at radius 1 is 1.23 bits per heavy atom. The number of halogens is 1. The summed E-state index contributed by atoms with van der Waals surface area (Å²) in [5, 5.41) is 17.1. The topological polar surface area (TPSA) is 69.1 Å². The number of aliphatic imine (C=N–C) groups is 1. The molecule has 0 saturated carbocycles. The van der Waals surface area contributed by atoms with Crippen LogP contribution in [0.5, 0.6) is 0 Å². The molecule has 0 radical (unpaired) electrons. The smallest absolute Gasteiger partial charge is 0.191 e. The van der Waals surface area contributed by atoms with E-state index in [1.165, 1.54) is 0 Å². The highest BCUT2D eigenvalue weighted by molar-refractivity contribution is 6.31. The molecule has 1 aromatic rings. The Morgan fingerprint density at radius 2 is 1.97 bits per heavy atom. The van der Waals surface area contributed by atoms with E-state index < -0.39 is 0 Å². The fraction of sp³-hybridized carbons (Fsp3) is 0.696. The average molecular weight is 439 g/mol. The fourth-order valence-corrected chi connectivity index (χ4v) is 4.22. The van der Waals surface area contributed by atoms with Crippen LogP contribution < -0.4 is 10.6 Å². The highest BCUT2D eigenvalue weighted by Gasteiger charge is 2.24. The number of hydrogen-bond donors (Lipinski definition) is 3. The van der Waals surface area contributed by atoms with Crippen molar-refractivity contribution in [1.29, 1.82) is 0 Å². The summed E-state index contributed by atoms with van der Waals surface area (Å²) in [5.74, 6) is 1.80. The second kappa shape index (κ2) is 13.9. The molecule has 0 aliphatic carbocycles. The van der Waals surface area contributed by atoms with Gasteiger partial charge in [0.1, 0.15) is 0 Å². The Kier molecular flexibility index (Phi) is 11.5. The standard InChI is InChI=1S/C23H39ClN4O2/c1-4-25-23(26-16-19(9-12-29)15-18(2)3)27-17-22(28-10-13-30-14-11-28)20-7-5-6-8-21(20)24/h5-8,18-19,22,29H,4,9-17H2,1-3H3,(H2,25,26,27). The van der Waals surface area contributed by atoms with Crippen molar-refractivity contribution in [3.8, 4) is 0 Å². The second-order valence-electron chi connectivity index (χ2n) is 8.29. The van der Waals surface area contributed by atoms with Gasteiger partial charge in [0, 0.05) is 44.4 Å². The first-order chi connectivity index (χ1) is 14.5. The van der Waals surface area contributed by atoms with E-state index in [2.05, 4.69) is 42.4 Å². The number of aliphatic hydroxyl groups is 1. The van der Waals surface area contributed by atoms with E-state index in [-0.39, 0.29) is 12.6 Å². The SMILES string of the molecule is CCNC(=NCC(CCO)CC(C)C)NCC(c1ccccc1Cl)N1CCOCC1. The molecule has 1 fully saturated rings. The quantitative estimate of drug-likeness (QED) is 0.365. The van der Waals surface area contributed by atoms with E-state index in [9.17, 15) is 5.11 Å². The maximum absolute atomic E-state index is 9.38. The van der Waals surface area contributed by atoms with Crippen molar-refractivity contribution < 1.29 is 9.84 Å². The second-order valence-corrected chi connectivity index (χ2v) is 8.70. The average Bonchev–Trinajstić information content (AvgIpc) is 2.73. The molecule has 7 heteroatoms. The monoisotopic (exact) mass is 438 g/mol. The molecule has 0 spiro atoms. The summed E-state index contributed by atoms with van der Waals surface area (Å²) >= 11 is 6.55. The van der Waals surface area contributed by atoms with Gasteiger partial charge in [-0.1, -0.05) is 43.6 Å². The molecule has 1 saturated heterocycles. The van der Waals surface area contributed by atoms with Crippen molar-refractivity contribution in [2.24, 2.45) is 16.8 Å². The molecule has 2 unspecified atom stereocenters. The molecular formula is C23H39ClN4O2. The number of rotatable bonds is 11. The first kappa shape index (κ1) is 24.9. The van der Waals surface area contributed by atoms with Gasteiger partial charge in [-0.05, 0) is 43.2 Å². The minimum absolute atomic E-state index is 0.148. The lowest BCUT2D eigenvalue weighted by Crippen LogP contribution is -2.46. The molecule has 6 nitrogen and oxygen atoms in total. The van der Waals surface area contributed by atoms with Gasteiger partial charge in [0.25, 0.3) is 0 Å². The van der Waals surface area contributed by atoms with Crippen molar-refractivity contribution in [2.75, 3.05) is 52.5 Å². The highest BCUT2D eigenvalue weighted by atomic mass is 35.5. The van der Waals surface area contributed by atoms with Gasteiger partial charge in [-0.15, -0.1) is 0 Å². The van der Waals surface area contributed by atoms with E-state index >= 15 is 0 Å². The lowest BCUT2D eigenvalue weighted by atomic mass is 9.94. The molecule has 2 atom stereocenters. The zero-order chi connectivity index (χ0) is 21.8. The lowest BCUT2D eigenvalue weighted by molar-refractivity contribution is 0.0170. The zero-order valence-electron chi connectivity index (χ0n) is 18.7. The first-order valence-corrected chi connectivity index (χ1v) is 11.6. The maximum atomic E-state index is 9.38. The van der Waals surface area contributed by atoms with Crippen LogP contribution in [0.15, 0.2) is 29.3 Å². The predicted octanol–water partition coefficient (Wildman–Crippen LogP) is 3.31. The molecule has 1 aliphatic rings. The Labute approximate surface area is 187 Å². The first-order valence-electron chi connectivity index (χ1n) is 11.2. The molecule has 30 heavy (non-hydrogen) atoms. The van der Waals surface area contributed by atoms with E-state index in [1.54, 1.807) is 0 Å². The number of aliphatic hydroxyl groups excluding tert-OH is 1. The van der Waals surface area contributed by atoms with E-state index in [0.29, 0.717) is 24.9 Å². The van der Waals surface area contributed by atoms with Gasteiger partial charge in [-0.2, -0.15) is 0 Å². The summed E-state index contributed by atoms with van der Waals surface area (Å²) < 4.78 is 5.55. The largest absolute Gasteiger partial charge is 0.396 e. The normalized spacial score (nSPS) is 17.7. The third kappa shape index (κ3) is 8.42. The Hall–Kier alpha value is -1.34. The van der Waals surface area contributed by atoms with Crippen LogP contribution in [0, 0.1) is 11.8 Å². The minimum atomic E-state index is 0.148. The molecule has 0 aromatic heterocycles. The van der Waals surface area contributed by atoms with Gasteiger partial charge in [0.2, 0.25) is 0 Å². The summed E-state index contributed by atoms with van der Waals surface area (Å²) in [7, 11) is 0. The van der Waals surface area contributed by atoms with Gasteiger partial charge in [0.15, 0.2) is 5.96 Å². The van der Waals surface area contributed by atoms with Crippen molar-refractivity contribution in [3.05, 3.63) is 34.9 Å². The third-order valence-corrected chi connectivity index (χ3v) is 5.75.